The van der Waals surface area contributed by atoms with Crippen LogP contribution in [-0.2, 0) is 9.59 Å². The highest BCUT2D eigenvalue weighted by Gasteiger charge is 2.08. The van der Waals surface area contributed by atoms with E-state index in [4.69, 9.17) is 16.9 Å². The zero-order valence-electron chi connectivity index (χ0n) is 12.8. The zero-order valence-corrected chi connectivity index (χ0v) is 14.4. The molecule has 0 saturated carbocycles. The summed E-state index contributed by atoms with van der Waals surface area (Å²) in [5.41, 5.74) is 1.46. The molecule has 0 aromatic heterocycles. The van der Waals surface area contributed by atoms with Crippen LogP contribution in [0.15, 0.2) is 47.4 Å². The fourth-order valence-corrected chi connectivity index (χ4v) is 2.76. The van der Waals surface area contributed by atoms with Crippen molar-refractivity contribution in [3.8, 4) is 6.07 Å². The van der Waals surface area contributed by atoms with Crippen LogP contribution in [0.5, 0.6) is 0 Å². The summed E-state index contributed by atoms with van der Waals surface area (Å²) in [6, 6.07) is 13.9. The van der Waals surface area contributed by atoms with Crippen LogP contribution >= 0.6 is 23.4 Å². The van der Waals surface area contributed by atoms with Gasteiger partial charge in [-0.05, 0) is 42.5 Å². The van der Waals surface area contributed by atoms with Gasteiger partial charge >= 0.3 is 0 Å². The number of nitrogens with one attached hydrogen (secondary N) is 2. The predicted molar refractivity (Wildman–Crippen MR) is 96.3 cm³/mol. The Kier molecular flexibility index (Phi) is 6.24. The number of nitrogens with zero attached hydrogens (tertiary/aromatic N) is 1. The molecule has 0 aliphatic heterocycles. The molecule has 24 heavy (non-hydrogen) atoms. The molecule has 0 aliphatic carbocycles. The van der Waals surface area contributed by atoms with Crippen LogP contribution in [0.4, 0.5) is 11.4 Å². The second-order valence-corrected chi connectivity index (χ2v) is 6.33. The van der Waals surface area contributed by atoms with E-state index in [2.05, 4.69) is 10.6 Å². The first-order chi connectivity index (χ1) is 11.5. The third-order valence-corrected chi connectivity index (χ3v) is 4.17. The van der Waals surface area contributed by atoms with Gasteiger partial charge in [0.2, 0.25) is 11.8 Å². The molecule has 2 amide bonds. The summed E-state index contributed by atoms with van der Waals surface area (Å²) in [5.74, 6) is -0.175. The van der Waals surface area contributed by atoms with E-state index in [0.717, 1.165) is 4.90 Å². The SMILES string of the molecule is CC(=O)Nc1ccc(SCC(=O)Nc2cc(Cl)ccc2C#N)cc1. The molecule has 0 unspecified atom stereocenters. The lowest BCUT2D eigenvalue weighted by molar-refractivity contribution is -0.114. The number of rotatable bonds is 5. The fraction of sp³-hybridized carbons (Fsp3) is 0.118. The molecule has 0 saturated heterocycles. The van der Waals surface area contributed by atoms with Gasteiger partial charge in [-0.25, -0.2) is 0 Å². The van der Waals surface area contributed by atoms with Gasteiger partial charge in [-0.15, -0.1) is 11.8 Å². The molecule has 7 heteroatoms. The molecule has 0 atom stereocenters. The van der Waals surface area contributed by atoms with Gasteiger partial charge in [-0.3, -0.25) is 9.59 Å². The summed E-state index contributed by atoms with van der Waals surface area (Å²) in [4.78, 5) is 23.9. The van der Waals surface area contributed by atoms with Gasteiger partial charge in [0.15, 0.2) is 0 Å². The Hall–Kier alpha value is -2.49. The van der Waals surface area contributed by atoms with E-state index in [1.807, 2.05) is 18.2 Å². The molecule has 122 valence electrons. The highest BCUT2D eigenvalue weighted by atomic mass is 35.5. The molecule has 0 radical (unpaired) electrons. The maximum absolute atomic E-state index is 12.0. The molecule has 2 aromatic carbocycles. The number of anilines is 2. The number of thioether (sulfide) groups is 1. The largest absolute Gasteiger partial charge is 0.326 e. The van der Waals surface area contributed by atoms with Crippen LogP contribution < -0.4 is 10.6 Å². The summed E-state index contributed by atoms with van der Waals surface area (Å²) < 4.78 is 0. The van der Waals surface area contributed by atoms with Gasteiger partial charge in [0.1, 0.15) is 6.07 Å². The third-order valence-electron chi connectivity index (χ3n) is 2.92. The van der Waals surface area contributed by atoms with E-state index in [9.17, 15) is 9.59 Å². The highest BCUT2D eigenvalue weighted by Crippen LogP contribution is 2.23. The minimum absolute atomic E-state index is 0.135. The van der Waals surface area contributed by atoms with Crippen molar-refractivity contribution in [2.24, 2.45) is 0 Å². The summed E-state index contributed by atoms with van der Waals surface area (Å²) in [7, 11) is 0. The van der Waals surface area contributed by atoms with Crippen LogP contribution in [0.2, 0.25) is 5.02 Å². The molecule has 2 aromatic rings. The standard InChI is InChI=1S/C17H14ClN3O2S/c1-11(22)20-14-4-6-15(7-5-14)24-10-17(23)21-16-8-13(18)3-2-12(16)9-19/h2-8H,10H2,1H3,(H,20,22)(H,21,23). The monoisotopic (exact) mass is 359 g/mol. The second-order valence-electron chi connectivity index (χ2n) is 4.84. The first-order valence-corrected chi connectivity index (χ1v) is 8.34. The van der Waals surface area contributed by atoms with Crippen molar-refractivity contribution in [1.29, 1.82) is 5.26 Å². The fourth-order valence-electron chi connectivity index (χ4n) is 1.89. The predicted octanol–water partition coefficient (Wildman–Crippen LogP) is 3.90. The van der Waals surface area contributed by atoms with Crippen molar-refractivity contribution in [2.75, 3.05) is 16.4 Å². The number of carbonyl (C=O) groups is 2. The lowest BCUT2D eigenvalue weighted by atomic mass is 10.2. The van der Waals surface area contributed by atoms with Crippen LogP contribution in [0, 0.1) is 11.3 Å². The molecular weight excluding hydrogens is 346 g/mol. The Bertz CT molecular complexity index is 800. The molecule has 0 heterocycles. The minimum Gasteiger partial charge on any atom is -0.326 e. The van der Waals surface area contributed by atoms with Gasteiger partial charge < -0.3 is 10.6 Å². The van der Waals surface area contributed by atoms with Crippen LogP contribution in [-0.4, -0.2) is 17.6 Å². The number of hydrogen-bond donors (Lipinski definition) is 2. The van der Waals surface area contributed by atoms with E-state index < -0.39 is 0 Å². The van der Waals surface area contributed by atoms with Gasteiger partial charge in [-0.2, -0.15) is 5.26 Å². The van der Waals surface area contributed by atoms with Crippen LogP contribution in [0.3, 0.4) is 0 Å². The summed E-state index contributed by atoms with van der Waals surface area (Å²) in [6.45, 7) is 1.44. The van der Waals surface area contributed by atoms with Gasteiger partial charge in [-0.1, -0.05) is 11.6 Å². The minimum atomic E-state index is -0.232. The smallest absolute Gasteiger partial charge is 0.234 e. The Morgan fingerprint density at radius 3 is 2.50 bits per heavy atom. The van der Waals surface area contributed by atoms with E-state index in [-0.39, 0.29) is 17.6 Å². The van der Waals surface area contributed by atoms with Crippen molar-refractivity contribution in [3.05, 3.63) is 53.1 Å². The quantitative estimate of drug-likeness (QED) is 0.793. The molecule has 2 N–H and O–H groups in total. The third kappa shape index (κ3) is 5.30. The van der Waals surface area contributed by atoms with Crippen molar-refractivity contribution in [2.45, 2.75) is 11.8 Å². The summed E-state index contributed by atoms with van der Waals surface area (Å²) in [6.07, 6.45) is 0. The summed E-state index contributed by atoms with van der Waals surface area (Å²) in [5, 5.41) is 14.9. The van der Waals surface area contributed by atoms with Crippen molar-refractivity contribution >= 4 is 46.6 Å². The average Bonchev–Trinajstić information content (AvgIpc) is 2.54. The van der Waals surface area contributed by atoms with Gasteiger partial charge in [0.25, 0.3) is 0 Å². The van der Waals surface area contributed by atoms with E-state index >= 15 is 0 Å². The Morgan fingerprint density at radius 1 is 1.17 bits per heavy atom. The number of halogens is 1. The Labute approximate surface area is 149 Å². The van der Waals surface area contributed by atoms with E-state index in [1.54, 1.807) is 30.3 Å². The van der Waals surface area contributed by atoms with Gasteiger partial charge in [0, 0.05) is 22.5 Å². The van der Waals surface area contributed by atoms with Crippen LogP contribution in [0.1, 0.15) is 12.5 Å². The molecule has 0 aliphatic rings. The van der Waals surface area contributed by atoms with Crippen LogP contribution in [0.25, 0.3) is 0 Å². The normalized spacial score (nSPS) is 9.88. The number of carbonyl (C=O) groups excluding carboxylic acids is 2. The van der Waals surface area contributed by atoms with Crippen molar-refractivity contribution in [1.82, 2.24) is 0 Å². The number of hydrogen-bond acceptors (Lipinski definition) is 4. The second kappa shape index (κ2) is 8.39. The Balaban J connectivity index is 1.93. The topological polar surface area (TPSA) is 82.0 Å². The molecular formula is C17H14ClN3O2S. The van der Waals surface area contributed by atoms with E-state index in [1.165, 1.54) is 18.7 Å². The van der Waals surface area contributed by atoms with Crippen molar-refractivity contribution < 1.29 is 9.59 Å². The maximum Gasteiger partial charge on any atom is 0.234 e. The van der Waals surface area contributed by atoms with Crippen molar-refractivity contribution in [3.63, 3.8) is 0 Å². The number of benzene rings is 2. The molecule has 2 rings (SSSR count). The van der Waals surface area contributed by atoms with E-state index in [0.29, 0.717) is 22.0 Å². The first-order valence-electron chi connectivity index (χ1n) is 6.98. The highest BCUT2D eigenvalue weighted by molar-refractivity contribution is 8.00. The lowest BCUT2D eigenvalue weighted by Gasteiger charge is -2.08. The molecule has 0 bridgehead atoms. The Morgan fingerprint density at radius 2 is 1.88 bits per heavy atom. The number of amides is 2. The number of nitriles is 1. The first kappa shape index (κ1) is 17.9. The average molecular weight is 360 g/mol. The lowest BCUT2D eigenvalue weighted by Crippen LogP contribution is -2.14. The van der Waals surface area contributed by atoms with Gasteiger partial charge in [0.05, 0.1) is 17.0 Å². The molecule has 0 spiro atoms. The zero-order chi connectivity index (χ0) is 17.5. The maximum atomic E-state index is 12.0. The molecule has 0 fully saturated rings. The molecule has 5 nitrogen and oxygen atoms in total. The summed E-state index contributed by atoms with van der Waals surface area (Å²) >= 11 is 7.24.